The van der Waals surface area contributed by atoms with E-state index in [2.05, 4.69) is 0 Å². The SMILES string of the molecule is CC(=O)O[C@H]1CC[C@H](N)[C@H]1C(=O)O. The molecule has 13 heavy (non-hydrogen) atoms. The molecule has 74 valence electrons. The Kier molecular flexibility index (Phi) is 2.87. The smallest absolute Gasteiger partial charge is 0.311 e. The highest BCUT2D eigenvalue weighted by molar-refractivity contribution is 5.73. The van der Waals surface area contributed by atoms with Crippen molar-refractivity contribution in [3.8, 4) is 0 Å². The molecule has 0 radical (unpaired) electrons. The van der Waals surface area contributed by atoms with Gasteiger partial charge in [0.25, 0.3) is 0 Å². The Labute approximate surface area is 75.9 Å². The van der Waals surface area contributed by atoms with Crippen molar-refractivity contribution in [3.05, 3.63) is 0 Å². The first-order valence-corrected chi connectivity index (χ1v) is 4.18. The predicted octanol–water partition coefficient (Wildman–Crippen LogP) is -0.260. The van der Waals surface area contributed by atoms with Gasteiger partial charge < -0.3 is 15.6 Å². The maximum Gasteiger partial charge on any atom is 0.311 e. The van der Waals surface area contributed by atoms with Crippen LogP contribution >= 0.6 is 0 Å². The van der Waals surface area contributed by atoms with Gasteiger partial charge in [-0.2, -0.15) is 0 Å². The maximum absolute atomic E-state index is 10.7. The van der Waals surface area contributed by atoms with Crippen molar-refractivity contribution in [2.75, 3.05) is 0 Å². The molecule has 0 aromatic rings. The fraction of sp³-hybridized carbons (Fsp3) is 0.750. The number of aliphatic carboxylic acids is 1. The van der Waals surface area contributed by atoms with E-state index in [1.54, 1.807) is 0 Å². The van der Waals surface area contributed by atoms with Crippen molar-refractivity contribution in [3.63, 3.8) is 0 Å². The number of hydrogen-bond donors (Lipinski definition) is 2. The van der Waals surface area contributed by atoms with Gasteiger partial charge in [-0.25, -0.2) is 0 Å². The van der Waals surface area contributed by atoms with Crippen LogP contribution < -0.4 is 5.73 Å². The molecule has 0 amide bonds. The quantitative estimate of drug-likeness (QED) is 0.581. The molecule has 0 aromatic carbocycles. The van der Waals surface area contributed by atoms with E-state index in [0.717, 1.165) is 0 Å². The summed E-state index contributed by atoms with van der Waals surface area (Å²) in [5.41, 5.74) is 5.57. The molecule has 5 nitrogen and oxygen atoms in total. The van der Waals surface area contributed by atoms with Crippen molar-refractivity contribution >= 4 is 11.9 Å². The monoisotopic (exact) mass is 187 g/mol. The number of rotatable bonds is 2. The van der Waals surface area contributed by atoms with Gasteiger partial charge in [-0.3, -0.25) is 9.59 Å². The van der Waals surface area contributed by atoms with Gasteiger partial charge in [0.2, 0.25) is 0 Å². The fourth-order valence-corrected chi connectivity index (χ4v) is 1.68. The minimum atomic E-state index is -0.990. The number of carbonyl (C=O) groups excluding carboxylic acids is 1. The minimum Gasteiger partial charge on any atom is -0.481 e. The Morgan fingerprint density at radius 1 is 1.46 bits per heavy atom. The lowest BCUT2D eigenvalue weighted by atomic mass is 10.0. The van der Waals surface area contributed by atoms with Crippen LogP contribution in [0.3, 0.4) is 0 Å². The molecule has 0 aliphatic heterocycles. The van der Waals surface area contributed by atoms with Crippen LogP contribution in [0.1, 0.15) is 19.8 Å². The molecular formula is C8H13NO4. The van der Waals surface area contributed by atoms with Crippen LogP contribution in [0.5, 0.6) is 0 Å². The normalized spacial score (nSPS) is 32.9. The summed E-state index contributed by atoms with van der Waals surface area (Å²) in [6.45, 7) is 1.27. The van der Waals surface area contributed by atoms with Crippen LogP contribution in [0, 0.1) is 5.92 Å². The molecule has 0 saturated heterocycles. The summed E-state index contributed by atoms with van der Waals surface area (Å²) in [6, 6.07) is -0.401. The van der Waals surface area contributed by atoms with E-state index in [4.69, 9.17) is 15.6 Å². The molecule has 5 heteroatoms. The zero-order chi connectivity index (χ0) is 10.0. The van der Waals surface area contributed by atoms with Crippen molar-refractivity contribution in [1.82, 2.24) is 0 Å². The van der Waals surface area contributed by atoms with E-state index in [1.807, 2.05) is 0 Å². The van der Waals surface area contributed by atoms with Crippen LogP contribution in [0.25, 0.3) is 0 Å². The van der Waals surface area contributed by atoms with E-state index in [0.29, 0.717) is 12.8 Å². The van der Waals surface area contributed by atoms with Crippen molar-refractivity contribution in [2.45, 2.75) is 31.9 Å². The Morgan fingerprint density at radius 3 is 2.54 bits per heavy atom. The summed E-state index contributed by atoms with van der Waals surface area (Å²) in [5, 5.41) is 8.80. The first-order chi connectivity index (χ1) is 6.02. The zero-order valence-corrected chi connectivity index (χ0v) is 7.40. The highest BCUT2D eigenvalue weighted by Gasteiger charge is 2.41. The summed E-state index contributed by atoms with van der Waals surface area (Å²) in [4.78, 5) is 21.4. The Morgan fingerprint density at radius 2 is 2.08 bits per heavy atom. The number of nitrogens with two attached hydrogens (primary N) is 1. The molecule has 1 saturated carbocycles. The molecule has 0 spiro atoms. The van der Waals surface area contributed by atoms with Gasteiger partial charge in [-0.1, -0.05) is 0 Å². The number of hydrogen-bond acceptors (Lipinski definition) is 4. The molecule has 0 bridgehead atoms. The lowest BCUT2D eigenvalue weighted by Crippen LogP contribution is -2.37. The fourth-order valence-electron chi connectivity index (χ4n) is 1.68. The Bertz CT molecular complexity index is 228. The van der Waals surface area contributed by atoms with Crippen molar-refractivity contribution in [2.24, 2.45) is 11.7 Å². The van der Waals surface area contributed by atoms with E-state index in [9.17, 15) is 9.59 Å². The van der Waals surface area contributed by atoms with Gasteiger partial charge >= 0.3 is 11.9 Å². The summed E-state index contributed by atoms with van der Waals surface area (Å²) < 4.78 is 4.86. The molecule has 1 aliphatic rings. The van der Waals surface area contributed by atoms with Gasteiger partial charge in [-0.05, 0) is 12.8 Å². The largest absolute Gasteiger partial charge is 0.481 e. The summed E-state index contributed by atoms with van der Waals surface area (Å²) in [7, 11) is 0. The molecule has 1 fully saturated rings. The van der Waals surface area contributed by atoms with Gasteiger partial charge in [0.1, 0.15) is 12.0 Å². The molecular weight excluding hydrogens is 174 g/mol. The second-order valence-corrected chi connectivity index (χ2v) is 3.25. The standard InChI is InChI=1S/C8H13NO4/c1-4(10)13-6-3-2-5(9)7(6)8(11)12/h5-7H,2-3,9H2,1H3,(H,11,12)/t5-,6-,7+/m0/s1. The topological polar surface area (TPSA) is 89.6 Å². The van der Waals surface area contributed by atoms with Gasteiger partial charge in [0.15, 0.2) is 0 Å². The second-order valence-electron chi connectivity index (χ2n) is 3.25. The minimum absolute atomic E-state index is 0.401. The molecule has 0 aromatic heterocycles. The highest BCUT2D eigenvalue weighted by atomic mass is 16.5. The van der Waals surface area contributed by atoms with Crippen LogP contribution in [-0.2, 0) is 14.3 Å². The third-order valence-corrected chi connectivity index (χ3v) is 2.25. The first-order valence-electron chi connectivity index (χ1n) is 4.18. The lowest BCUT2D eigenvalue weighted by molar-refractivity contribution is -0.155. The lowest BCUT2D eigenvalue weighted by Gasteiger charge is -2.17. The first kappa shape index (κ1) is 9.98. The Hall–Kier alpha value is -1.10. The number of carboxylic acids is 1. The van der Waals surface area contributed by atoms with Crippen molar-refractivity contribution < 1.29 is 19.4 Å². The third kappa shape index (κ3) is 2.18. The van der Waals surface area contributed by atoms with Crippen LogP contribution in [-0.4, -0.2) is 29.2 Å². The molecule has 3 atom stereocenters. The number of esters is 1. The third-order valence-electron chi connectivity index (χ3n) is 2.25. The number of carbonyl (C=O) groups is 2. The van der Waals surface area contributed by atoms with E-state index < -0.39 is 30.0 Å². The van der Waals surface area contributed by atoms with Crippen LogP contribution in [0.4, 0.5) is 0 Å². The van der Waals surface area contributed by atoms with Gasteiger partial charge in [-0.15, -0.1) is 0 Å². The highest BCUT2D eigenvalue weighted by Crippen LogP contribution is 2.27. The van der Waals surface area contributed by atoms with E-state index >= 15 is 0 Å². The number of ether oxygens (including phenoxy) is 1. The number of carboxylic acid groups (broad SMARTS) is 1. The van der Waals surface area contributed by atoms with E-state index in [-0.39, 0.29) is 0 Å². The summed E-state index contributed by atoms with van der Waals surface area (Å²) in [6.07, 6.45) is 0.581. The van der Waals surface area contributed by atoms with Crippen molar-refractivity contribution in [1.29, 1.82) is 0 Å². The molecule has 0 unspecified atom stereocenters. The Balaban J connectivity index is 2.64. The average molecular weight is 187 g/mol. The summed E-state index contributed by atoms with van der Waals surface area (Å²) in [5.74, 6) is -2.19. The zero-order valence-electron chi connectivity index (χ0n) is 7.40. The maximum atomic E-state index is 10.7. The molecule has 0 heterocycles. The molecule has 1 aliphatic carbocycles. The van der Waals surface area contributed by atoms with E-state index in [1.165, 1.54) is 6.92 Å². The van der Waals surface area contributed by atoms with Crippen LogP contribution in [0.2, 0.25) is 0 Å². The summed E-state index contributed by atoms with van der Waals surface area (Å²) >= 11 is 0. The van der Waals surface area contributed by atoms with Crippen LogP contribution in [0.15, 0.2) is 0 Å². The van der Waals surface area contributed by atoms with Gasteiger partial charge in [0.05, 0.1) is 0 Å². The average Bonchev–Trinajstić information content (AvgIpc) is 2.30. The second kappa shape index (κ2) is 3.74. The van der Waals surface area contributed by atoms with Gasteiger partial charge in [0, 0.05) is 13.0 Å². The molecule has 3 N–H and O–H groups in total. The predicted molar refractivity (Wildman–Crippen MR) is 43.9 cm³/mol. The molecule has 1 rings (SSSR count).